The van der Waals surface area contributed by atoms with Gasteiger partial charge in [0, 0.05) is 36.4 Å². The van der Waals surface area contributed by atoms with Crippen LogP contribution in [0.5, 0.6) is 5.75 Å². The van der Waals surface area contributed by atoms with E-state index in [4.69, 9.17) is 21.3 Å². The standard InChI is InChI=1S/C26H27ClN4O/c1-32-23-10-5-19(6-11-23)21-7-12-25-29-26(20-3-8-22(27)9-4-20)24(31(25)17-21)18-30-15-2-13-28-14-16-30/h3-12,17,28H,2,13-16,18H2,1H3. The van der Waals surface area contributed by atoms with Crippen molar-refractivity contribution < 1.29 is 4.74 Å². The van der Waals surface area contributed by atoms with Gasteiger partial charge in [-0.1, -0.05) is 35.9 Å². The van der Waals surface area contributed by atoms with E-state index < -0.39 is 0 Å². The largest absolute Gasteiger partial charge is 0.497 e. The Balaban J connectivity index is 1.60. The molecule has 0 amide bonds. The van der Waals surface area contributed by atoms with Gasteiger partial charge in [0.05, 0.1) is 18.5 Å². The van der Waals surface area contributed by atoms with Crippen LogP contribution in [-0.4, -0.2) is 47.6 Å². The van der Waals surface area contributed by atoms with Gasteiger partial charge in [-0.3, -0.25) is 4.90 Å². The Morgan fingerprint density at radius 1 is 0.906 bits per heavy atom. The Morgan fingerprint density at radius 3 is 2.44 bits per heavy atom. The number of nitrogens with one attached hydrogen (secondary N) is 1. The van der Waals surface area contributed by atoms with E-state index in [9.17, 15) is 0 Å². The molecule has 2 aromatic heterocycles. The number of nitrogens with zero attached hydrogens (tertiary/aromatic N) is 3. The van der Waals surface area contributed by atoms with Crippen LogP contribution in [0, 0.1) is 0 Å². The van der Waals surface area contributed by atoms with Crippen molar-refractivity contribution in [1.29, 1.82) is 0 Å². The molecule has 5 rings (SSSR count). The van der Waals surface area contributed by atoms with E-state index in [1.165, 1.54) is 5.69 Å². The van der Waals surface area contributed by atoms with Crippen molar-refractivity contribution in [2.75, 3.05) is 33.3 Å². The lowest BCUT2D eigenvalue weighted by Gasteiger charge is -2.20. The molecule has 1 N–H and O–H groups in total. The topological polar surface area (TPSA) is 41.8 Å². The summed E-state index contributed by atoms with van der Waals surface area (Å²) in [6.07, 6.45) is 3.36. The second-order valence-electron chi connectivity index (χ2n) is 8.17. The van der Waals surface area contributed by atoms with Gasteiger partial charge in [-0.05, 0) is 67.0 Å². The zero-order valence-electron chi connectivity index (χ0n) is 18.2. The molecule has 5 nitrogen and oxygen atoms in total. The van der Waals surface area contributed by atoms with Gasteiger partial charge in [0.15, 0.2) is 0 Å². The fourth-order valence-corrected chi connectivity index (χ4v) is 4.44. The zero-order chi connectivity index (χ0) is 21.9. The SMILES string of the molecule is COc1ccc(-c2ccc3nc(-c4ccc(Cl)cc4)c(CN4CCCNCC4)n3c2)cc1. The molecule has 0 radical (unpaired) electrons. The first-order valence-corrected chi connectivity index (χ1v) is 11.4. The van der Waals surface area contributed by atoms with E-state index in [1.54, 1.807) is 7.11 Å². The minimum Gasteiger partial charge on any atom is -0.497 e. The summed E-state index contributed by atoms with van der Waals surface area (Å²) in [6, 6.07) is 20.4. The fourth-order valence-electron chi connectivity index (χ4n) is 4.31. The van der Waals surface area contributed by atoms with Crippen molar-refractivity contribution in [1.82, 2.24) is 19.6 Å². The predicted octanol–water partition coefficient (Wildman–Crippen LogP) is 5.13. The van der Waals surface area contributed by atoms with E-state index in [2.05, 4.69) is 57.2 Å². The highest BCUT2D eigenvalue weighted by molar-refractivity contribution is 6.30. The monoisotopic (exact) mass is 446 g/mol. The number of imidazole rings is 1. The molecule has 0 atom stereocenters. The van der Waals surface area contributed by atoms with Crippen LogP contribution in [0.3, 0.4) is 0 Å². The molecular formula is C26H27ClN4O. The molecule has 0 bridgehead atoms. The van der Waals surface area contributed by atoms with Gasteiger partial charge in [0.1, 0.15) is 11.4 Å². The van der Waals surface area contributed by atoms with Crippen molar-refractivity contribution in [3.63, 3.8) is 0 Å². The number of ether oxygens (including phenoxy) is 1. The van der Waals surface area contributed by atoms with E-state index in [-0.39, 0.29) is 0 Å². The Labute approximate surface area is 193 Å². The zero-order valence-corrected chi connectivity index (χ0v) is 19.0. The van der Waals surface area contributed by atoms with Gasteiger partial charge in [0.2, 0.25) is 0 Å². The molecule has 1 aliphatic rings. The van der Waals surface area contributed by atoms with Crippen LogP contribution < -0.4 is 10.1 Å². The number of hydrogen-bond acceptors (Lipinski definition) is 4. The average molecular weight is 447 g/mol. The van der Waals surface area contributed by atoms with E-state index in [0.717, 1.165) is 77.9 Å². The van der Waals surface area contributed by atoms with Crippen LogP contribution in [0.4, 0.5) is 0 Å². The van der Waals surface area contributed by atoms with Gasteiger partial charge in [-0.15, -0.1) is 0 Å². The van der Waals surface area contributed by atoms with Gasteiger partial charge >= 0.3 is 0 Å². The molecule has 0 spiro atoms. The number of halogens is 1. The summed E-state index contributed by atoms with van der Waals surface area (Å²) in [6.45, 7) is 5.07. The molecule has 1 saturated heterocycles. The number of benzene rings is 2. The minimum atomic E-state index is 0.736. The number of pyridine rings is 1. The summed E-state index contributed by atoms with van der Waals surface area (Å²) in [5, 5.41) is 4.23. The van der Waals surface area contributed by atoms with Crippen LogP contribution in [0.15, 0.2) is 66.9 Å². The Morgan fingerprint density at radius 2 is 1.66 bits per heavy atom. The first kappa shape index (κ1) is 21.0. The lowest BCUT2D eigenvalue weighted by molar-refractivity contribution is 0.281. The number of hydrogen-bond donors (Lipinski definition) is 1. The maximum atomic E-state index is 6.15. The molecular weight excluding hydrogens is 420 g/mol. The molecule has 164 valence electrons. The Kier molecular flexibility index (Phi) is 6.12. The molecule has 0 saturated carbocycles. The first-order valence-electron chi connectivity index (χ1n) is 11.1. The van der Waals surface area contributed by atoms with Crippen molar-refractivity contribution in [3.8, 4) is 28.1 Å². The number of methoxy groups -OCH3 is 1. The van der Waals surface area contributed by atoms with Crippen LogP contribution in [-0.2, 0) is 6.54 Å². The van der Waals surface area contributed by atoms with Gasteiger partial charge in [-0.2, -0.15) is 0 Å². The summed E-state index contributed by atoms with van der Waals surface area (Å²) in [5.74, 6) is 0.859. The summed E-state index contributed by atoms with van der Waals surface area (Å²) in [4.78, 5) is 7.54. The normalized spacial score (nSPS) is 15.1. The average Bonchev–Trinajstić information content (AvgIpc) is 2.99. The van der Waals surface area contributed by atoms with Crippen molar-refractivity contribution >= 4 is 17.2 Å². The van der Waals surface area contributed by atoms with Crippen molar-refractivity contribution in [2.45, 2.75) is 13.0 Å². The van der Waals surface area contributed by atoms with Crippen LogP contribution in [0.25, 0.3) is 28.0 Å². The molecule has 0 unspecified atom stereocenters. The minimum absolute atomic E-state index is 0.736. The summed E-state index contributed by atoms with van der Waals surface area (Å²) >= 11 is 6.15. The predicted molar refractivity (Wildman–Crippen MR) is 130 cm³/mol. The number of fused-ring (bicyclic) bond motifs is 1. The van der Waals surface area contributed by atoms with E-state index in [0.29, 0.717) is 0 Å². The van der Waals surface area contributed by atoms with Gasteiger partial charge < -0.3 is 14.5 Å². The van der Waals surface area contributed by atoms with Crippen molar-refractivity contribution in [2.24, 2.45) is 0 Å². The van der Waals surface area contributed by atoms with E-state index in [1.807, 2.05) is 24.3 Å². The molecule has 1 aliphatic heterocycles. The molecule has 32 heavy (non-hydrogen) atoms. The molecule has 0 aliphatic carbocycles. The lowest BCUT2D eigenvalue weighted by atomic mass is 10.1. The maximum absolute atomic E-state index is 6.15. The van der Waals surface area contributed by atoms with Gasteiger partial charge in [0.25, 0.3) is 0 Å². The third-order valence-electron chi connectivity index (χ3n) is 6.06. The third kappa shape index (κ3) is 4.37. The van der Waals surface area contributed by atoms with Gasteiger partial charge in [-0.25, -0.2) is 4.98 Å². The quantitative estimate of drug-likeness (QED) is 0.461. The van der Waals surface area contributed by atoms with Crippen LogP contribution in [0.2, 0.25) is 5.02 Å². The number of rotatable bonds is 5. The molecule has 4 aromatic rings. The van der Waals surface area contributed by atoms with Crippen LogP contribution >= 0.6 is 11.6 Å². The molecule has 3 heterocycles. The molecule has 6 heteroatoms. The van der Waals surface area contributed by atoms with Crippen molar-refractivity contribution in [3.05, 3.63) is 77.6 Å². The maximum Gasteiger partial charge on any atom is 0.137 e. The van der Waals surface area contributed by atoms with E-state index >= 15 is 0 Å². The second kappa shape index (κ2) is 9.33. The third-order valence-corrected chi connectivity index (χ3v) is 6.32. The molecule has 1 fully saturated rings. The lowest BCUT2D eigenvalue weighted by Crippen LogP contribution is -2.28. The summed E-state index contributed by atoms with van der Waals surface area (Å²) in [5.41, 5.74) is 6.57. The highest BCUT2D eigenvalue weighted by Crippen LogP contribution is 2.30. The first-order chi connectivity index (χ1) is 15.7. The summed E-state index contributed by atoms with van der Waals surface area (Å²) < 4.78 is 7.57. The van der Waals surface area contributed by atoms with Crippen LogP contribution in [0.1, 0.15) is 12.1 Å². The fraction of sp³-hybridized carbons (Fsp3) is 0.269. The highest BCUT2D eigenvalue weighted by Gasteiger charge is 2.19. The Bertz CT molecular complexity index is 1190. The Hall–Kier alpha value is -2.86. The molecule has 2 aromatic carbocycles. The summed E-state index contributed by atoms with van der Waals surface area (Å²) in [7, 11) is 1.69. The highest BCUT2D eigenvalue weighted by atomic mass is 35.5. The second-order valence-corrected chi connectivity index (χ2v) is 8.60. The smallest absolute Gasteiger partial charge is 0.137 e. The number of aromatic nitrogens is 2.